The lowest BCUT2D eigenvalue weighted by Gasteiger charge is -2.24. The lowest BCUT2D eigenvalue weighted by Crippen LogP contribution is -2.27. The van der Waals surface area contributed by atoms with Crippen molar-refractivity contribution in [3.8, 4) is 17.2 Å². The molecule has 0 aliphatic heterocycles. The van der Waals surface area contributed by atoms with Gasteiger partial charge < -0.3 is 4.74 Å². The maximum absolute atomic E-state index is 13.1. The molecule has 0 amide bonds. The number of ether oxygens (including phenoxy) is 1. The number of hydrogen-bond donors (Lipinski definition) is 0. The van der Waals surface area contributed by atoms with Crippen LogP contribution in [0.3, 0.4) is 0 Å². The van der Waals surface area contributed by atoms with Crippen LogP contribution >= 0.6 is 10.5 Å². The van der Waals surface area contributed by atoms with Crippen molar-refractivity contribution in [2.45, 2.75) is 12.5 Å². The van der Waals surface area contributed by atoms with E-state index in [9.17, 15) is 4.79 Å². The fourth-order valence-corrected chi connectivity index (χ4v) is 6.46. The van der Waals surface area contributed by atoms with Crippen molar-refractivity contribution in [3.63, 3.8) is 0 Å². The summed E-state index contributed by atoms with van der Waals surface area (Å²) in [5.74, 6) is 2.22. The van der Waals surface area contributed by atoms with Crippen LogP contribution in [-0.2, 0) is 10.3 Å². The number of carbonyl (C=O) groups excluding carboxylic acids is 1. The second-order valence-electron chi connectivity index (χ2n) is 7.76. The molecule has 2 nitrogen and oxygen atoms in total. The predicted octanol–water partition coefficient (Wildman–Crippen LogP) is 7.44. The average Bonchev–Trinajstić information content (AvgIpc) is 3.19. The molecule has 3 heteroatoms. The molecule has 0 saturated heterocycles. The van der Waals surface area contributed by atoms with Crippen LogP contribution in [0.25, 0.3) is 25.1 Å². The third kappa shape index (κ3) is 3.36. The second kappa shape index (κ2) is 8.00. The van der Waals surface area contributed by atoms with Gasteiger partial charge in [-0.3, -0.25) is 0 Å². The summed E-state index contributed by atoms with van der Waals surface area (Å²) in [4.78, 5) is 14.2. The molecule has 0 spiro atoms. The van der Waals surface area contributed by atoms with Crippen LogP contribution in [0, 0.1) is 12.3 Å². The van der Waals surface area contributed by atoms with E-state index in [4.69, 9.17) is 11.2 Å². The van der Waals surface area contributed by atoms with E-state index in [0.29, 0.717) is 5.56 Å². The van der Waals surface area contributed by atoms with Crippen molar-refractivity contribution in [2.24, 2.45) is 0 Å². The highest BCUT2D eigenvalue weighted by atomic mass is 32.2. The topological polar surface area (TPSA) is 26.3 Å². The van der Waals surface area contributed by atoms with Gasteiger partial charge in [-0.15, -0.1) is 6.42 Å². The summed E-state index contributed by atoms with van der Waals surface area (Å²) in [5, 5.41) is 2.51. The highest BCUT2D eigenvalue weighted by Gasteiger charge is 2.30. The van der Waals surface area contributed by atoms with E-state index in [0.717, 1.165) is 10.5 Å². The molecular weight excluding hydrogens is 412 g/mol. The Morgan fingerprint density at radius 2 is 1.41 bits per heavy atom. The number of hydrogen-bond acceptors (Lipinski definition) is 2. The molecule has 1 atom stereocenters. The van der Waals surface area contributed by atoms with Crippen molar-refractivity contribution < 1.29 is 9.53 Å². The maximum atomic E-state index is 13.1. The van der Waals surface area contributed by atoms with Gasteiger partial charge in [0.15, 0.2) is 19.9 Å². The summed E-state index contributed by atoms with van der Waals surface area (Å²) in [6, 6.07) is 34.1. The predicted molar refractivity (Wildman–Crippen MR) is 133 cm³/mol. The van der Waals surface area contributed by atoms with Gasteiger partial charge in [0.25, 0.3) is 0 Å². The Balaban J connectivity index is 1.58. The summed E-state index contributed by atoms with van der Waals surface area (Å²) in [6.45, 7) is 1.75. The Morgan fingerprint density at radius 3 is 2.03 bits per heavy atom. The fourth-order valence-electron chi connectivity index (χ4n) is 4.03. The Bertz CT molecular complexity index is 1440. The average molecular weight is 434 g/mol. The molecule has 154 valence electrons. The van der Waals surface area contributed by atoms with Gasteiger partial charge in [-0.05, 0) is 43.3 Å². The van der Waals surface area contributed by atoms with Crippen LogP contribution in [0.5, 0.6) is 0 Å². The molecule has 5 aromatic rings. The quantitative estimate of drug-likeness (QED) is 0.167. The first-order valence-electron chi connectivity index (χ1n) is 10.4. The monoisotopic (exact) mass is 433 g/mol. The Kier molecular flexibility index (Phi) is 5.01. The molecule has 0 bridgehead atoms. The molecule has 0 saturated carbocycles. The molecule has 0 N–H and O–H groups in total. The zero-order valence-corrected chi connectivity index (χ0v) is 18.4. The molecule has 0 fully saturated rings. The largest absolute Gasteiger partial charge is 0.438 e. The van der Waals surface area contributed by atoms with Crippen molar-refractivity contribution in [1.82, 2.24) is 0 Å². The first kappa shape index (κ1) is 20.1. The summed E-state index contributed by atoms with van der Waals surface area (Å²) >= 11 is 0. The number of terminal acetylenes is 1. The van der Waals surface area contributed by atoms with Gasteiger partial charge in [0.1, 0.15) is 0 Å². The molecule has 5 rings (SSSR count). The van der Waals surface area contributed by atoms with Gasteiger partial charge in [0.2, 0.25) is 0 Å². The molecule has 0 aliphatic carbocycles. The lowest BCUT2D eigenvalue weighted by atomic mass is 9.96. The third-order valence-corrected chi connectivity index (χ3v) is 8.02. The standard InChI is InChI=1S/C29H21O2S/c1-3-29(2,22-13-5-4-6-14-22)31-28(30)21-12-11-15-23(20-21)32-26-18-9-7-16-24(26)25-17-8-10-19-27(25)32/h1,4-20H,2H3/q+1. The highest BCUT2D eigenvalue weighted by Crippen LogP contribution is 2.48. The molecule has 32 heavy (non-hydrogen) atoms. The summed E-state index contributed by atoms with van der Waals surface area (Å²) < 4.78 is 8.39. The number of carbonyl (C=O) groups is 1. The van der Waals surface area contributed by atoms with Crippen LogP contribution < -0.4 is 0 Å². The van der Waals surface area contributed by atoms with E-state index in [-0.39, 0.29) is 10.5 Å². The molecule has 4 aromatic carbocycles. The van der Waals surface area contributed by atoms with Crippen LogP contribution in [0.1, 0.15) is 22.8 Å². The van der Waals surface area contributed by atoms with Gasteiger partial charge in [-0.2, -0.15) is 0 Å². The van der Waals surface area contributed by atoms with Crippen molar-refractivity contribution >= 4 is 36.6 Å². The zero-order valence-electron chi connectivity index (χ0n) is 17.6. The minimum Gasteiger partial charge on any atom is -0.438 e. The van der Waals surface area contributed by atoms with Crippen LogP contribution in [-0.4, -0.2) is 5.97 Å². The lowest BCUT2D eigenvalue weighted by molar-refractivity contribution is 0.0129. The number of thiophene rings is 1. The van der Waals surface area contributed by atoms with Crippen molar-refractivity contribution in [2.75, 3.05) is 0 Å². The van der Waals surface area contributed by atoms with Crippen LogP contribution in [0.4, 0.5) is 0 Å². The maximum Gasteiger partial charge on any atom is 0.340 e. The summed E-state index contributed by atoms with van der Waals surface area (Å²) in [7, 11) is -0.276. The van der Waals surface area contributed by atoms with E-state index < -0.39 is 11.6 Å². The van der Waals surface area contributed by atoms with Crippen LogP contribution in [0.2, 0.25) is 0 Å². The molecule has 0 aliphatic rings. The van der Waals surface area contributed by atoms with Crippen LogP contribution in [0.15, 0.2) is 103 Å². The van der Waals surface area contributed by atoms with E-state index in [1.807, 2.05) is 42.5 Å². The molecule has 1 heterocycles. The molecular formula is C29H21O2S+. The number of fused-ring (bicyclic) bond motifs is 3. The molecule has 1 unspecified atom stereocenters. The van der Waals surface area contributed by atoms with Gasteiger partial charge >= 0.3 is 5.97 Å². The minimum atomic E-state index is -1.14. The van der Waals surface area contributed by atoms with E-state index in [1.54, 1.807) is 13.0 Å². The SMILES string of the molecule is C#CC(C)(OC(=O)c1cccc(-[s+]2c3ccccc3c3ccccc32)c1)c1ccccc1. The van der Waals surface area contributed by atoms with Gasteiger partial charge in [0, 0.05) is 32.9 Å². The van der Waals surface area contributed by atoms with Crippen molar-refractivity contribution in [1.29, 1.82) is 0 Å². The normalized spacial score (nSPS) is 12.9. The van der Waals surface area contributed by atoms with Gasteiger partial charge in [-0.25, -0.2) is 4.79 Å². The summed E-state index contributed by atoms with van der Waals surface area (Å²) in [5.41, 5.74) is 0.130. The number of esters is 1. The zero-order chi connectivity index (χ0) is 22.1. The third-order valence-electron chi connectivity index (χ3n) is 5.71. The Labute approximate surface area is 190 Å². The molecule has 1 aromatic heterocycles. The van der Waals surface area contributed by atoms with E-state index in [1.165, 1.54) is 20.2 Å². The van der Waals surface area contributed by atoms with Gasteiger partial charge in [-0.1, -0.05) is 66.6 Å². The fraction of sp³-hybridized carbons (Fsp3) is 0.0690. The second-order valence-corrected chi connectivity index (χ2v) is 9.72. The molecule has 0 radical (unpaired) electrons. The first-order valence-corrected chi connectivity index (χ1v) is 11.6. The van der Waals surface area contributed by atoms with Gasteiger partial charge in [0.05, 0.1) is 5.56 Å². The van der Waals surface area contributed by atoms with Crippen molar-refractivity contribution in [3.05, 3.63) is 114 Å². The van der Waals surface area contributed by atoms with E-state index >= 15 is 0 Å². The Morgan fingerprint density at radius 1 is 0.812 bits per heavy atom. The van der Waals surface area contributed by atoms with E-state index in [2.05, 4.69) is 60.5 Å². The first-order chi connectivity index (χ1) is 15.6. The minimum absolute atomic E-state index is 0.276. The summed E-state index contributed by atoms with van der Waals surface area (Å²) in [6.07, 6.45) is 5.78. The number of benzene rings is 4. The Hall–Kier alpha value is -3.87. The highest BCUT2D eigenvalue weighted by molar-refractivity contribution is 7.50. The smallest absolute Gasteiger partial charge is 0.340 e. The number of rotatable bonds is 4.